The number of ether oxygens (including phenoxy) is 1. The molecule has 0 N–H and O–H groups in total. The maximum atomic E-state index is 9.02. The van der Waals surface area contributed by atoms with E-state index in [0.29, 0.717) is 24.4 Å². The number of allylic oxidation sites excluding steroid dienone is 9. The number of fused-ring (bicyclic) bond motifs is 1. The molecule has 5 nitrogen and oxygen atoms in total. The Labute approximate surface area is 190 Å². The molecule has 2 aromatic rings. The van der Waals surface area contributed by atoms with Crippen LogP contribution in [0.15, 0.2) is 63.6 Å². The Bertz CT molecular complexity index is 1320. The molecule has 0 unspecified atom stereocenters. The van der Waals surface area contributed by atoms with E-state index in [-0.39, 0.29) is 5.57 Å². The molecule has 0 fully saturated rings. The highest BCUT2D eigenvalue weighted by atomic mass is 32.1. The first-order valence-corrected chi connectivity index (χ1v) is 11.0. The Morgan fingerprint density at radius 2 is 1.94 bits per heavy atom. The lowest BCUT2D eigenvalue weighted by Gasteiger charge is -2.16. The maximum Gasteiger partial charge on any atom is 0.148 e. The molecule has 0 bridgehead atoms. The predicted molar refractivity (Wildman–Crippen MR) is 124 cm³/mol. The fraction of sp³-hybridized carbons (Fsp3) is 0.192. The molecule has 1 aliphatic carbocycles. The molecule has 156 valence electrons. The molecular weight excluding hydrogens is 418 g/mol. The lowest BCUT2D eigenvalue weighted by molar-refractivity contribution is 0.290. The topological polar surface area (TPSA) is 93.7 Å². The standard InChI is InChI=1S/C26H19N3O2S/c1-17(14-27)4-2-5-21-9-10-23(31-21)26-24-22(6-3-11-30-24)25(32-26)20-8-7-18(13-20)12-19(15-28)16-29/h2,4-5,7-10,12H,3,6,11,13H2,1H3/b5-2+,17-4-. The molecule has 0 spiro atoms. The highest BCUT2D eigenvalue weighted by Crippen LogP contribution is 2.49. The highest BCUT2D eigenvalue weighted by molar-refractivity contribution is 7.17. The first-order chi connectivity index (χ1) is 15.6. The third kappa shape index (κ3) is 4.35. The minimum atomic E-state index is 0.110. The monoisotopic (exact) mass is 437 g/mol. The van der Waals surface area contributed by atoms with E-state index in [0.717, 1.165) is 40.4 Å². The molecule has 32 heavy (non-hydrogen) atoms. The molecule has 2 aromatic heterocycles. The molecule has 3 heterocycles. The van der Waals surface area contributed by atoms with Gasteiger partial charge in [0.15, 0.2) is 0 Å². The lowest BCUT2D eigenvalue weighted by atomic mass is 10.0. The lowest BCUT2D eigenvalue weighted by Crippen LogP contribution is -2.08. The molecule has 0 aromatic carbocycles. The number of nitrogens with zero attached hydrogens (tertiary/aromatic N) is 3. The van der Waals surface area contributed by atoms with Gasteiger partial charge in [-0.1, -0.05) is 18.2 Å². The quantitative estimate of drug-likeness (QED) is 0.393. The Morgan fingerprint density at radius 3 is 2.72 bits per heavy atom. The minimum Gasteiger partial charge on any atom is -0.492 e. The average Bonchev–Trinajstić information content (AvgIpc) is 3.55. The molecule has 2 aliphatic rings. The van der Waals surface area contributed by atoms with Crippen LogP contribution in [0.1, 0.15) is 36.0 Å². The molecule has 1 aliphatic heterocycles. The third-order valence-electron chi connectivity index (χ3n) is 5.17. The van der Waals surface area contributed by atoms with Crippen molar-refractivity contribution >= 4 is 23.0 Å². The normalized spacial score (nSPS) is 15.1. The summed E-state index contributed by atoms with van der Waals surface area (Å²) in [5, 5.41) is 26.9. The van der Waals surface area contributed by atoms with Crippen LogP contribution in [0, 0.1) is 34.0 Å². The van der Waals surface area contributed by atoms with Crippen LogP contribution in [0.3, 0.4) is 0 Å². The van der Waals surface area contributed by atoms with Gasteiger partial charge in [-0.25, -0.2) is 0 Å². The second-order valence-corrected chi connectivity index (χ2v) is 8.46. The molecule has 4 rings (SSSR count). The summed E-state index contributed by atoms with van der Waals surface area (Å²) >= 11 is 1.65. The second kappa shape index (κ2) is 9.40. The summed E-state index contributed by atoms with van der Waals surface area (Å²) in [5.74, 6) is 2.35. The molecular formula is C26H19N3O2S. The Hall–Kier alpha value is -4.05. The first-order valence-electron chi connectivity index (χ1n) is 10.2. The zero-order valence-electron chi connectivity index (χ0n) is 17.5. The molecule has 0 saturated heterocycles. The average molecular weight is 438 g/mol. The summed E-state index contributed by atoms with van der Waals surface area (Å²) in [5.41, 5.74) is 4.04. The summed E-state index contributed by atoms with van der Waals surface area (Å²) in [7, 11) is 0. The maximum absolute atomic E-state index is 9.02. The van der Waals surface area contributed by atoms with E-state index in [1.165, 1.54) is 10.4 Å². The third-order valence-corrected chi connectivity index (χ3v) is 6.47. The van der Waals surface area contributed by atoms with Gasteiger partial charge in [0.25, 0.3) is 0 Å². The van der Waals surface area contributed by atoms with Gasteiger partial charge in [0, 0.05) is 16.0 Å². The molecule has 0 atom stereocenters. The number of nitriles is 3. The zero-order valence-corrected chi connectivity index (χ0v) is 18.3. The fourth-order valence-corrected chi connectivity index (χ4v) is 4.92. The number of thiophene rings is 1. The van der Waals surface area contributed by atoms with E-state index in [1.807, 2.05) is 36.4 Å². The van der Waals surface area contributed by atoms with E-state index < -0.39 is 0 Å². The first kappa shape index (κ1) is 21.2. The minimum absolute atomic E-state index is 0.110. The van der Waals surface area contributed by atoms with Crippen LogP contribution in [-0.2, 0) is 6.42 Å². The van der Waals surface area contributed by atoms with Gasteiger partial charge < -0.3 is 9.15 Å². The fourth-order valence-electron chi connectivity index (χ4n) is 3.64. The smallest absolute Gasteiger partial charge is 0.148 e. The van der Waals surface area contributed by atoms with E-state index >= 15 is 0 Å². The number of hydrogen-bond donors (Lipinski definition) is 0. The van der Waals surface area contributed by atoms with Crippen molar-refractivity contribution in [2.45, 2.75) is 26.2 Å². The Balaban J connectivity index is 1.62. The molecule has 0 amide bonds. The van der Waals surface area contributed by atoms with Crippen LogP contribution < -0.4 is 4.74 Å². The van der Waals surface area contributed by atoms with Gasteiger partial charge in [-0.3, -0.25) is 0 Å². The predicted octanol–water partition coefficient (Wildman–Crippen LogP) is 6.50. The van der Waals surface area contributed by atoms with Crippen molar-refractivity contribution in [3.8, 4) is 34.6 Å². The van der Waals surface area contributed by atoms with E-state index in [9.17, 15) is 0 Å². The molecule has 0 radical (unpaired) electrons. The van der Waals surface area contributed by atoms with Crippen molar-refractivity contribution in [2.75, 3.05) is 6.61 Å². The van der Waals surface area contributed by atoms with Crippen LogP contribution >= 0.6 is 11.3 Å². The summed E-state index contributed by atoms with van der Waals surface area (Å²) in [6.07, 6.45) is 13.6. The van der Waals surface area contributed by atoms with Crippen molar-refractivity contribution in [2.24, 2.45) is 0 Å². The van der Waals surface area contributed by atoms with Crippen LogP contribution in [0.25, 0.3) is 22.3 Å². The Morgan fingerprint density at radius 1 is 1.09 bits per heavy atom. The van der Waals surface area contributed by atoms with Crippen LogP contribution in [-0.4, -0.2) is 6.61 Å². The summed E-state index contributed by atoms with van der Waals surface area (Å²) in [6.45, 7) is 2.44. The summed E-state index contributed by atoms with van der Waals surface area (Å²) < 4.78 is 12.1. The summed E-state index contributed by atoms with van der Waals surface area (Å²) in [6, 6.07) is 9.76. The van der Waals surface area contributed by atoms with Gasteiger partial charge in [0.1, 0.15) is 39.9 Å². The van der Waals surface area contributed by atoms with Crippen LogP contribution in [0.5, 0.6) is 5.75 Å². The number of furan rings is 1. The van der Waals surface area contributed by atoms with Crippen LogP contribution in [0.4, 0.5) is 0 Å². The molecule has 0 saturated carbocycles. The van der Waals surface area contributed by atoms with Gasteiger partial charge in [0.2, 0.25) is 0 Å². The number of hydrogen-bond acceptors (Lipinski definition) is 6. The van der Waals surface area contributed by atoms with Crippen molar-refractivity contribution in [3.05, 3.63) is 75.4 Å². The van der Waals surface area contributed by atoms with Crippen molar-refractivity contribution in [1.29, 1.82) is 15.8 Å². The molecule has 6 heteroatoms. The van der Waals surface area contributed by atoms with Gasteiger partial charge in [-0.05, 0) is 67.7 Å². The van der Waals surface area contributed by atoms with E-state index in [2.05, 4.69) is 12.1 Å². The van der Waals surface area contributed by atoms with Gasteiger partial charge in [-0.2, -0.15) is 15.8 Å². The Kier molecular flexibility index (Phi) is 6.22. The van der Waals surface area contributed by atoms with Crippen molar-refractivity contribution < 1.29 is 9.15 Å². The summed E-state index contributed by atoms with van der Waals surface area (Å²) in [4.78, 5) is 2.14. The SMILES string of the molecule is C/C(C#N)=C/C=C/c1ccc(-c2sc(C3=CC=C(C=C(C#N)C#N)C3)c3c2OCCC3)o1. The second-order valence-electron chi connectivity index (χ2n) is 7.43. The van der Waals surface area contributed by atoms with Gasteiger partial charge in [0.05, 0.1) is 12.7 Å². The number of rotatable bonds is 5. The van der Waals surface area contributed by atoms with Gasteiger partial charge in [-0.15, -0.1) is 11.3 Å². The van der Waals surface area contributed by atoms with E-state index in [4.69, 9.17) is 24.9 Å². The van der Waals surface area contributed by atoms with Crippen molar-refractivity contribution in [3.63, 3.8) is 0 Å². The van der Waals surface area contributed by atoms with Crippen molar-refractivity contribution in [1.82, 2.24) is 0 Å². The highest BCUT2D eigenvalue weighted by Gasteiger charge is 2.27. The largest absolute Gasteiger partial charge is 0.492 e. The zero-order chi connectivity index (χ0) is 22.5. The van der Waals surface area contributed by atoms with Crippen LogP contribution in [0.2, 0.25) is 0 Å². The van der Waals surface area contributed by atoms with Gasteiger partial charge >= 0.3 is 0 Å². The van der Waals surface area contributed by atoms with E-state index in [1.54, 1.807) is 36.5 Å².